The number of rotatable bonds is 4. The fraction of sp³-hybridized carbons (Fsp3) is 0.571. The Kier molecular flexibility index (Phi) is 2.79. The van der Waals surface area contributed by atoms with Crippen LogP contribution in [0.5, 0.6) is 0 Å². The minimum atomic E-state index is -0.676. The van der Waals surface area contributed by atoms with E-state index in [1.54, 1.807) is 0 Å². The highest BCUT2D eigenvalue weighted by Gasteiger charge is 2.09. The molecule has 0 bridgehead atoms. The van der Waals surface area contributed by atoms with Crippen molar-refractivity contribution < 1.29 is 9.32 Å². The summed E-state index contributed by atoms with van der Waals surface area (Å²) in [7, 11) is 0. The van der Waals surface area contributed by atoms with Crippen molar-refractivity contribution >= 4 is 5.91 Å². The molecule has 0 fully saturated rings. The Labute approximate surface area is 69.9 Å². The predicted octanol–water partition coefficient (Wildman–Crippen LogP) is 0.511. The van der Waals surface area contributed by atoms with Crippen LogP contribution < -0.4 is 5.73 Å². The molecular formula is C7H11N3O2. The molecule has 12 heavy (non-hydrogen) atoms. The molecule has 0 unspecified atom stereocenters. The third-order valence-electron chi connectivity index (χ3n) is 1.43. The minimum absolute atomic E-state index is 0.110. The van der Waals surface area contributed by atoms with Crippen LogP contribution in [0.15, 0.2) is 4.52 Å². The summed E-state index contributed by atoms with van der Waals surface area (Å²) in [6.07, 6.45) is 2.77. The number of primary amides is 1. The molecule has 0 aliphatic rings. The van der Waals surface area contributed by atoms with Gasteiger partial charge in [0.25, 0.3) is 0 Å². The molecule has 0 atom stereocenters. The lowest BCUT2D eigenvalue weighted by Crippen LogP contribution is -2.11. The van der Waals surface area contributed by atoms with Crippen LogP contribution in [0, 0.1) is 0 Å². The van der Waals surface area contributed by atoms with Crippen molar-refractivity contribution in [3.63, 3.8) is 0 Å². The van der Waals surface area contributed by atoms with Gasteiger partial charge in [-0.05, 0) is 6.42 Å². The number of carbonyl (C=O) groups is 1. The predicted molar refractivity (Wildman–Crippen MR) is 41.4 cm³/mol. The van der Waals surface area contributed by atoms with E-state index >= 15 is 0 Å². The number of aryl methyl sites for hydroxylation is 1. The van der Waals surface area contributed by atoms with E-state index < -0.39 is 5.91 Å². The smallest absolute Gasteiger partial charge is 0.315 e. The van der Waals surface area contributed by atoms with Crippen LogP contribution in [0.2, 0.25) is 0 Å². The first-order valence-electron chi connectivity index (χ1n) is 3.86. The Morgan fingerprint density at radius 3 is 2.92 bits per heavy atom. The second-order valence-electron chi connectivity index (χ2n) is 2.48. The molecule has 1 aromatic rings. The van der Waals surface area contributed by atoms with Crippen LogP contribution >= 0.6 is 0 Å². The molecule has 1 rings (SSSR count). The van der Waals surface area contributed by atoms with E-state index in [0.717, 1.165) is 19.3 Å². The molecule has 0 saturated carbocycles. The van der Waals surface area contributed by atoms with Crippen molar-refractivity contribution in [3.8, 4) is 0 Å². The normalized spacial score (nSPS) is 10.1. The highest BCUT2D eigenvalue weighted by molar-refractivity contribution is 5.87. The molecule has 0 aromatic carbocycles. The lowest BCUT2D eigenvalue weighted by molar-refractivity contribution is 0.0958. The van der Waals surface area contributed by atoms with Crippen LogP contribution in [-0.4, -0.2) is 16.0 Å². The van der Waals surface area contributed by atoms with E-state index in [-0.39, 0.29) is 5.89 Å². The maximum atomic E-state index is 10.5. The van der Waals surface area contributed by atoms with Gasteiger partial charge in [-0.2, -0.15) is 4.98 Å². The molecule has 66 valence electrons. The summed E-state index contributed by atoms with van der Waals surface area (Å²) in [4.78, 5) is 14.3. The molecule has 0 saturated heterocycles. The summed E-state index contributed by atoms with van der Waals surface area (Å²) in [5.74, 6) is -0.239. The van der Waals surface area contributed by atoms with Crippen molar-refractivity contribution in [1.82, 2.24) is 10.1 Å². The maximum Gasteiger partial charge on any atom is 0.315 e. The fourth-order valence-corrected chi connectivity index (χ4v) is 0.790. The summed E-state index contributed by atoms with van der Waals surface area (Å²) in [5.41, 5.74) is 4.92. The topological polar surface area (TPSA) is 82.0 Å². The quantitative estimate of drug-likeness (QED) is 0.711. The van der Waals surface area contributed by atoms with Gasteiger partial charge in [0.05, 0.1) is 0 Å². The van der Waals surface area contributed by atoms with Gasteiger partial charge in [-0.1, -0.05) is 18.5 Å². The number of aromatic nitrogens is 2. The molecule has 5 heteroatoms. The van der Waals surface area contributed by atoms with Crippen LogP contribution in [0.25, 0.3) is 0 Å². The van der Waals surface area contributed by atoms with Crippen molar-refractivity contribution in [2.75, 3.05) is 0 Å². The van der Waals surface area contributed by atoms with Gasteiger partial charge in [0, 0.05) is 6.42 Å². The number of hydrogen-bond donors (Lipinski definition) is 1. The average molecular weight is 169 g/mol. The third kappa shape index (κ3) is 2.05. The second-order valence-corrected chi connectivity index (χ2v) is 2.48. The zero-order chi connectivity index (χ0) is 8.97. The lowest BCUT2D eigenvalue weighted by Gasteiger charge is -1.87. The van der Waals surface area contributed by atoms with E-state index in [1.165, 1.54) is 0 Å². The SMILES string of the molecule is CCCCc1noc(C(N)=O)n1. The molecule has 1 heterocycles. The fourth-order valence-electron chi connectivity index (χ4n) is 0.790. The second kappa shape index (κ2) is 3.85. The first-order valence-corrected chi connectivity index (χ1v) is 3.86. The average Bonchev–Trinajstić information content (AvgIpc) is 2.48. The van der Waals surface area contributed by atoms with E-state index in [2.05, 4.69) is 21.6 Å². The van der Waals surface area contributed by atoms with Gasteiger partial charge in [-0.15, -0.1) is 0 Å². The third-order valence-corrected chi connectivity index (χ3v) is 1.43. The number of nitrogens with two attached hydrogens (primary N) is 1. The van der Waals surface area contributed by atoms with E-state index in [0.29, 0.717) is 5.82 Å². The molecule has 5 nitrogen and oxygen atoms in total. The van der Waals surface area contributed by atoms with Crippen LogP contribution in [0.3, 0.4) is 0 Å². The molecule has 1 aromatic heterocycles. The Bertz CT molecular complexity index is 269. The van der Waals surface area contributed by atoms with Gasteiger partial charge in [0.2, 0.25) is 0 Å². The van der Waals surface area contributed by atoms with E-state index in [1.807, 2.05) is 0 Å². The van der Waals surface area contributed by atoms with Crippen LogP contribution in [-0.2, 0) is 6.42 Å². The highest BCUT2D eigenvalue weighted by atomic mass is 16.5. The Hall–Kier alpha value is -1.39. The molecular weight excluding hydrogens is 158 g/mol. The summed E-state index contributed by atoms with van der Waals surface area (Å²) in [6, 6.07) is 0. The molecule has 0 aliphatic carbocycles. The number of unbranched alkanes of at least 4 members (excludes halogenated alkanes) is 1. The highest BCUT2D eigenvalue weighted by Crippen LogP contribution is 2.00. The maximum absolute atomic E-state index is 10.5. The number of nitrogens with zero attached hydrogens (tertiary/aromatic N) is 2. The Morgan fingerprint density at radius 2 is 2.42 bits per heavy atom. The molecule has 0 radical (unpaired) electrons. The summed E-state index contributed by atoms with van der Waals surface area (Å²) >= 11 is 0. The Morgan fingerprint density at radius 1 is 1.67 bits per heavy atom. The van der Waals surface area contributed by atoms with Crippen molar-refractivity contribution in [1.29, 1.82) is 0 Å². The minimum Gasteiger partial charge on any atom is -0.361 e. The lowest BCUT2D eigenvalue weighted by atomic mass is 10.2. The summed E-state index contributed by atoms with van der Waals surface area (Å²) in [5, 5.41) is 3.59. The standard InChI is InChI=1S/C7H11N3O2/c1-2-3-4-5-9-7(6(8)11)12-10-5/h2-4H2,1H3,(H2,8,11). The number of amides is 1. The Balaban J connectivity index is 2.58. The van der Waals surface area contributed by atoms with Gasteiger partial charge in [0.1, 0.15) is 0 Å². The molecule has 1 amide bonds. The largest absolute Gasteiger partial charge is 0.361 e. The molecule has 0 spiro atoms. The monoisotopic (exact) mass is 169 g/mol. The van der Waals surface area contributed by atoms with E-state index in [9.17, 15) is 4.79 Å². The summed E-state index contributed by atoms with van der Waals surface area (Å²) < 4.78 is 4.59. The number of hydrogen-bond acceptors (Lipinski definition) is 4. The van der Waals surface area contributed by atoms with Gasteiger partial charge >= 0.3 is 11.8 Å². The van der Waals surface area contributed by atoms with E-state index in [4.69, 9.17) is 5.73 Å². The summed E-state index contributed by atoms with van der Waals surface area (Å²) in [6.45, 7) is 2.06. The van der Waals surface area contributed by atoms with Crippen molar-refractivity contribution in [2.24, 2.45) is 5.73 Å². The van der Waals surface area contributed by atoms with Crippen molar-refractivity contribution in [2.45, 2.75) is 26.2 Å². The van der Waals surface area contributed by atoms with Gasteiger partial charge < -0.3 is 10.3 Å². The van der Waals surface area contributed by atoms with Crippen LogP contribution in [0.1, 0.15) is 36.3 Å². The first kappa shape index (κ1) is 8.70. The first-order chi connectivity index (χ1) is 5.74. The number of carbonyl (C=O) groups excluding carboxylic acids is 1. The molecule has 2 N–H and O–H groups in total. The van der Waals surface area contributed by atoms with Crippen molar-refractivity contribution in [3.05, 3.63) is 11.7 Å². The van der Waals surface area contributed by atoms with Gasteiger partial charge in [-0.25, -0.2) is 0 Å². The zero-order valence-corrected chi connectivity index (χ0v) is 6.91. The van der Waals surface area contributed by atoms with Gasteiger partial charge in [0.15, 0.2) is 5.82 Å². The molecule has 0 aliphatic heterocycles. The van der Waals surface area contributed by atoms with Gasteiger partial charge in [-0.3, -0.25) is 4.79 Å². The van der Waals surface area contributed by atoms with Crippen LogP contribution in [0.4, 0.5) is 0 Å². The zero-order valence-electron chi connectivity index (χ0n) is 6.91.